The quantitative estimate of drug-likeness (QED) is 0.0924. The Morgan fingerprint density at radius 1 is 1.09 bits per heavy atom. The fourth-order valence-electron chi connectivity index (χ4n) is 3.00. The predicted molar refractivity (Wildman–Crippen MR) is 129 cm³/mol. The van der Waals surface area contributed by atoms with Crippen molar-refractivity contribution >= 4 is 68.9 Å². The number of rotatable bonds is 5. The van der Waals surface area contributed by atoms with Crippen LogP contribution < -0.4 is 4.74 Å². The Kier molecular flexibility index (Phi) is 8.77. The second-order valence-corrected chi connectivity index (χ2v) is 12.0. The van der Waals surface area contributed by atoms with E-state index in [-0.39, 0.29) is 17.4 Å². The predicted octanol–water partition coefficient (Wildman–Crippen LogP) is 6.26. The molecule has 0 bridgehead atoms. The number of unbranched alkanes of at least 4 members (excludes halogenated alkanes) is 1. The highest BCUT2D eigenvalue weighted by molar-refractivity contribution is 8.23. The van der Waals surface area contributed by atoms with Crippen LogP contribution in [0.25, 0.3) is 20.2 Å². The van der Waals surface area contributed by atoms with Gasteiger partial charge in [-0.05, 0) is 24.6 Å². The number of ether oxygens (including phenoxy) is 1. The van der Waals surface area contributed by atoms with Crippen molar-refractivity contribution in [3.05, 3.63) is 41.5 Å². The molecule has 4 rings (SSSR count). The van der Waals surface area contributed by atoms with Crippen molar-refractivity contribution in [2.45, 2.75) is 31.7 Å². The molecule has 0 saturated carbocycles. The molecule has 2 aromatic carbocycles. The molecule has 1 aromatic heterocycles. The molecule has 2 heterocycles. The molecule has 4 nitrogen and oxygen atoms in total. The van der Waals surface area contributed by atoms with Crippen LogP contribution in [0.4, 0.5) is 22.0 Å². The number of benzene rings is 2. The van der Waals surface area contributed by atoms with Crippen molar-refractivity contribution < 1.29 is 39.7 Å². The molecule has 0 saturated heterocycles. The van der Waals surface area contributed by atoms with Crippen LogP contribution in [0, 0.1) is 11.6 Å². The van der Waals surface area contributed by atoms with Gasteiger partial charge in [-0.25, -0.2) is 17.2 Å². The molecule has 13 heteroatoms. The minimum Gasteiger partial charge on any atom is -0.741 e. The summed E-state index contributed by atoms with van der Waals surface area (Å²) in [5.41, 5.74) is -4.99. The number of thioether (sulfide) groups is 1. The highest BCUT2D eigenvalue weighted by Gasteiger charge is 2.37. The van der Waals surface area contributed by atoms with Gasteiger partial charge in [0.05, 0.1) is 21.6 Å². The highest BCUT2D eigenvalue weighted by Crippen LogP contribution is 2.41. The summed E-state index contributed by atoms with van der Waals surface area (Å²) in [7, 11) is -6.09. The van der Waals surface area contributed by atoms with Gasteiger partial charge in [-0.2, -0.15) is 13.2 Å². The smallest absolute Gasteiger partial charge is 0.485 e. The first-order valence-corrected chi connectivity index (χ1v) is 14.3. The van der Waals surface area contributed by atoms with Gasteiger partial charge in [0.2, 0.25) is 0 Å². The Balaban J connectivity index is 0.000000350. The van der Waals surface area contributed by atoms with E-state index < -0.39 is 15.6 Å². The van der Waals surface area contributed by atoms with Crippen LogP contribution in [0.2, 0.25) is 0 Å². The van der Waals surface area contributed by atoms with Crippen LogP contribution in [0.15, 0.2) is 24.3 Å². The van der Waals surface area contributed by atoms with Crippen LogP contribution in [-0.4, -0.2) is 40.8 Å². The van der Waals surface area contributed by atoms with Gasteiger partial charge in [0, 0.05) is 22.9 Å². The average molecular weight is 559 g/mol. The lowest BCUT2D eigenvalue weighted by Gasteiger charge is -2.08. The first-order chi connectivity index (χ1) is 16.0. The summed E-state index contributed by atoms with van der Waals surface area (Å²) >= 11 is 4.61. The zero-order chi connectivity index (χ0) is 25.1. The van der Waals surface area contributed by atoms with E-state index in [1.807, 2.05) is 18.2 Å². The Hall–Kier alpha value is -1.54. The topological polar surface area (TPSA) is 66.4 Å². The summed E-state index contributed by atoms with van der Waals surface area (Å²) in [6.07, 6.45) is 3.03. The number of alkyl halides is 3. The second kappa shape index (κ2) is 11.0. The number of fused-ring (bicyclic) bond motifs is 3. The molecule has 0 spiro atoms. The van der Waals surface area contributed by atoms with Crippen LogP contribution in [0.1, 0.15) is 31.7 Å². The monoisotopic (exact) mass is 558 g/mol. The fraction of sp³-hybridized carbons (Fsp3) is 0.381. The fourth-order valence-corrected chi connectivity index (χ4v) is 6.76. The molecule has 0 amide bonds. The molecular weight excluding hydrogens is 539 g/mol. The van der Waals surface area contributed by atoms with Crippen molar-refractivity contribution in [1.29, 1.82) is 0 Å². The summed E-state index contributed by atoms with van der Waals surface area (Å²) in [6, 6.07) is 7.27. The Bertz CT molecular complexity index is 1320. The maximum Gasteiger partial charge on any atom is 0.485 e. The van der Waals surface area contributed by atoms with Gasteiger partial charge in [-0.15, -0.1) is 11.3 Å². The van der Waals surface area contributed by atoms with E-state index in [0.717, 1.165) is 45.7 Å². The SMILES string of the molecule is CCCCOc1ccc2c(sc3c(F)c(C4=[S+]CCCS4)ccc32)c1F.O=S(=O)([O-])C(F)(F)F. The van der Waals surface area contributed by atoms with E-state index in [4.69, 9.17) is 17.7 Å². The maximum atomic E-state index is 15.2. The van der Waals surface area contributed by atoms with E-state index in [1.165, 1.54) is 11.3 Å². The average Bonchev–Trinajstić information content (AvgIpc) is 3.16. The van der Waals surface area contributed by atoms with Gasteiger partial charge in [-0.1, -0.05) is 31.2 Å². The van der Waals surface area contributed by atoms with E-state index in [2.05, 4.69) is 6.92 Å². The molecule has 186 valence electrons. The third-order valence-electron chi connectivity index (χ3n) is 4.67. The van der Waals surface area contributed by atoms with E-state index in [9.17, 15) is 17.6 Å². The van der Waals surface area contributed by atoms with Gasteiger partial charge in [0.1, 0.15) is 0 Å². The van der Waals surface area contributed by atoms with Crippen molar-refractivity contribution in [2.24, 2.45) is 0 Å². The Labute approximate surface area is 205 Å². The maximum absolute atomic E-state index is 15.2. The van der Waals surface area contributed by atoms with Crippen LogP contribution in [0.5, 0.6) is 5.75 Å². The van der Waals surface area contributed by atoms with Gasteiger partial charge >= 0.3 is 5.51 Å². The molecule has 0 radical (unpaired) electrons. The minimum atomic E-state index is -6.09. The van der Waals surface area contributed by atoms with Gasteiger partial charge in [0.25, 0.3) is 4.20 Å². The molecule has 0 N–H and O–H groups in total. The Morgan fingerprint density at radius 3 is 2.26 bits per heavy atom. The molecule has 0 unspecified atom stereocenters. The van der Waals surface area contributed by atoms with E-state index in [1.54, 1.807) is 29.2 Å². The largest absolute Gasteiger partial charge is 0.741 e. The third-order valence-corrected chi connectivity index (χ3v) is 9.10. The van der Waals surface area contributed by atoms with Crippen molar-refractivity contribution in [3.63, 3.8) is 0 Å². The lowest BCUT2D eigenvalue weighted by molar-refractivity contribution is -0.0517. The first kappa shape index (κ1) is 27.1. The number of hydrogen-bond acceptors (Lipinski definition) is 6. The van der Waals surface area contributed by atoms with Gasteiger partial charge in [-0.3, -0.25) is 0 Å². The lowest BCUT2D eigenvalue weighted by Crippen LogP contribution is -2.21. The summed E-state index contributed by atoms with van der Waals surface area (Å²) in [6.45, 7) is 2.56. The van der Waals surface area contributed by atoms with Crippen LogP contribution in [0.3, 0.4) is 0 Å². The summed E-state index contributed by atoms with van der Waals surface area (Å²) in [4.78, 5) is 0. The van der Waals surface area contributed by atoms with Crippen molar-refractivity contribution in [2.75, 3.05) is 18.1 Å². The van der Waals surface area contributed by atoms with E-state index >= 15 is 4.39 Å². The van der Waals surface area contributed by atoms with Gasteiger partial charge in [0.15, 0.2) is 44.6 Å². The van der Waals surface area contributed by atoms with Crippen LogP contribution >= 0.6 is 23.1 Å². The summed E-state index contributed by atoms with van der Waals surface area (Å²) in [5.74, 6) is 1.70. The molecule has 34 heavy (non-hydrogen) atoms. The zero-order valence-electron chi connectivity index (χ0n) is 17.7. The molecule has 1 aliphatic rings. The minimum absolute atomic E-state index is 0.228. The lowest BCUT2D eigenvalue weighted by atomic mass is 10.1. The summed E-state index contributed by atoms with van der Waals surface area (Å²) in [5, 5.41) is 1.53. The summed E-state index contributed by atoms with van der Waals surface area (Å²) < 4.78 is 96.6. The second-order valence-electron chi connectivity index (χ2n) is 7.10. The Morgan fingerprint density at radius 2 is 1.71 bits per heavy atom. The molecule has 3 aromatic rings. The zero-order valence-corrected chi connectivity index (χ0v) is 21.0. The normalized spacial score (nSPS) is 14.6. The molecule has 1 aliphatic heterocycles. The van der Waals surface area contributed by atoms with Crippen molar-refractivity contribution in [3.8, 4) is 5.75 Å². The number of thiophene rings is 1. The molecular formula is C21H19F5O4S4. The highest BCUT2D eigenvalue weighted by atomic mass is 32.2. The molecule has 0 atom stereocenters. The first-order valence-electron chi connectivity index (χ1n) is 10.1. The van der Waals surface area contributed by atoms with Crippen molar-refractivity contribution in [1.82, 2.24) is 0 Å². The van der Waals surface area contributed by atoms with Crippen LogP contribution in [-0.2, 0) is 21.5 Å². The third kappa shape index (κ3) is 5.99. The van der Waals surface area contributed by atoms with E-state index in [0.29, 0.717) is 21.6 Å². The number of hydrogen-bond donors (Lipinski definition) is 0. The van der Waals surface area contributed by atoms with Gasteiger partial charge < -0.3 is 9.29 Å². The molecule has 0 aliphatic carbocycles. The molecule has 0 fully saturated rings. The standard InChI is InChI=1S/C20H19F2OS3.CHF3O3S/c1-2-3-9-23-15-8-7-13-12-5-6-14(20-24-10-4-11-25-20)16(21)18(12)26-19(13)17(15)22;2-1(3,4)8(5,6)7/h5-8H,2-4,9-11H2,1H3;(H,5,6,7)/q+1;/p-1. The number of halogens is 5.